The molecule has 0 saturated heterocycles. The van der Waals surface area contributed by atoms with Crippen LogP contribution in [0.4, 0.5) is 0 Å². The van der Waals surface area contributed by atoms with Crippen LogP contribution in [0.2, 0.25) is 0 Å². The molecule has 0 aromatic heterocycles. The van der Waals surface area contributed by atoms with Gasteiger partial charge in [-0.25, -0.2) is 0 Å². The number of rotatable bonds is 7. The van der Waals surface area contributed by atoms with Gasteiger partial charge in [0, 0.05) is 0 Å². The van der Waals surface area contributed by atoms with Crippen molar-refractivity contribution in [2.24, 2.45) is 17.8 Å². The molecule has 0 amide bonds. The Morgan fingerprint density at radius 2 is 1.07 bits per heavy atom. The van der Waals surface area contributed by atoms with Gasteiger partial charge in [0.05, 0.1) is 6.10 Å². The monoisotopic (exact) mass is 200 g/mol. The molecule has 0 rings (SSSR count). The van der Waals surface area contributed by atoms with E-state index in [2.05, 4.69) is 27.7 Å². The van der Waals surface area contributed by atoms with Gasteiger partial charge in [-0.2, -0.15) is 0 Å². The molecule has 0 bridgehead atoms. The second-order valence-electron chi connectivity index (χ2n) is 5.44. The van der Waals surface area contributed by atoms with Crippen LogP contribution in [-0.4, -0.2) is 11.2 Å². The lowest BCUT2D eigenvalue weighted by atomic mass is 9.88. The average Bonchev–Trinajstić information content (AvgIpc) is 2.02. The second-order valence-corrected chi connectivity index (χ2v) is 5.44. The Morgan fingerprint density at radius 3 is 1.29 bits per heavy atom. The van der Waals surface area contributed by atoms with E-state index in [9.17, 15) is 5.11 Å². The largest absolute Gasteiger partial charge is 0.393 e. The molecule has 1 atom stereocenters. The van der Waals surface area contributed by atoms with Gasteiger partial charge in [-0.3, -0.25) is 0 Å². The molecule has 0 aliphatic heterocycles. The molecule has 86 valence electrons. The third-order valence-corrected chi connectivity index (χ3v) is 2.91. The zero-order valence-corrected chi connectivity index (χ0v) is 10.6. The Hall–Kier alpha value is -0.0400. The van der Waals surface area contributed by atoms with Crippen LogP contribution in [0.5, 0.6) is 0 Å². The zero-order valence-electron chi connectivity index (χ0n) is 10.6. The lowest BCUT2D eigenvalue weighted by Gasteiger charge is -2.21. The highest BCUT2D eigenvalue weighted by atomic mass is 16.3. The van der Waals surface area contributed by atoms with Crippen molar-refractivity contribution >= 4 is 0 Å². The first-order valence-corrected chi connectivity index (χ1v) is 6.11. The van der Waals surface area contributed by atoms with Crippen LogP contribution in [-0.2, 0) is 0 Å². The van der Waals surface area contributed by atoms with Crippen LogP contribution in [0.1, 0.15) is 60.3 Å². The summed E-state index contributed by atoms with van der Waals surface area (Å²) in [5.74, 6) is 2.03. The molecule has 0 spiro atoms. The van der Waals surface area contributed by atoms with Crippen molar-refractivity contribution in [1.29, 1.82) is 0 Å². The Labute approximate surface area is 89.9 Å². The average molecular weight is 200 g/mol. The number of aliphatic hydroxyl groups is 1. The summed E-state index contributed by atoms with van der Waals surface area (Å²) in [5, 5.41) is 9.64. The highest BCUT2D eigenvalue weighted by Crippen LogP contribution is 2.22. The van der Waals surface area contributed by atoms with E-state index in [1.54, 1.807) is 0 Å². The van der Waals surface area contributed by atoms with Crippen molar-refractivity contribution in [2.75, 3.05) is 0 Å². The maximum absolute atomic E-state index is 9.64. The smallest absolute Gasteiger partial charge is 0.0540 e. The fourth-order valence-corrected chi connectivity index (χ4v) is 1.72. The molecule has 1 heteroatoms. The molecular formula is C13H28O. The molecule has 0 fully saturated rings. The van der Waals surface area contributed by atoms with Crippen LogP contribution in [0.3, 0.4) is 0 Å². The van der Waals surface area contributed by atoms with Crippen LogP contribution in [0.25, 0.3) is 0 Å². The minimum Gasteiger partial charge on any atom is -0.393 e. The first kappa shape index (κ1) is 14.0. The molecule has 0 aromatic carbocycles. The van der Waals surface area contributed by atoms with E-state index in [1.807, 2.05) is 6.92 Å². The third-order valence-electron chi connectivity index (χ3n) is 2.91. The van der Waals surface area contributed by atoms with E-state index < -0.39 is 0 Å². The van der Waals surface area contributed by atoms with Gasteiger partial charge in [0.1, 0.15) is 0 Å². The van der Waals surface area contributed by atoms with Crippen LogP contribution >= 0.6 is 0 Å². The normalized spacial score (nSPS) is 14.4. The van der Waals surface area contributed by atoms with E-state index in [0.717, 1.165) is 11.8 Å². The molecule has 1 unspecified atom stereocenters. The SMILES string of the molecule is CC(C)CCC(CCC(C)C)C(C)O. The molecule has 1 N–H and O–H groups in total. The molecule has 14 heavy (non-hydrogen) atoms. The Bertz CT molecular complexity index is 115. The predicted octanol–water partition coefficient (Wildman–Crippen LogP) is 3.86. The van der Waals surface area contributed by atoms with E-state index in [-0.39, 0.29) is 6.10 Å². The first-order chi connectivity index (χ1) is 6.43. The van der Waals surface area contributed by atoms with Crippen molar-refractivity contribution in [3.63, 3.8) is 0 Å². The molecule has 0 saturated carbocycles. The minimum absolute atomic E-state index is 0.132. The van der Waals surface area contributed by atoms with Gasteiger partial charge in [-0.1, -0.05) is 40.5 Å². The third kappa shape index (κ3) is 7.37. The summed E-state index contributed by atoms with van der Waals surface area (Å²) in [6.45, 7) is 10.9. The fraction of sp³-hybridized carbons (Fsp3) is 1.00. The highest BCUT2D eigenvalue weighted by molar-refractivity contribution is 4.67. The van der Waals surface area contributed by atoms with Crippen molar-refractivity contribution < 1.29 is 5.11 Å². The quantitative estimate of drug-likeness (QED) is 0.661. The summed E-state index contributed by atoms with van der Waals surface area (Å²) in [6, 6.07) is 0. The van der Waals surface area contributed by atoms with Gasteiger partial charge in [-0.05, 0) is 37.5 Å². The summed E-state index contributed by atoms with van der Waals surface area (Å²) in [5.41, 5.74) is 0. The molecular weight excluding hydrogens is 172 g/mol. The standard InChI is InChI=1S/C13H28O/c1-10(2)6-8-13(12(5)14)9-7-11(3)4/h10-14H,6-9H2,1-5H3. The number of hydrogen-bond donors (Lipinski definition) is 1. The van der Waals surface area contributed by atoms with Crippen molar-refractivity contribution in [2.45, 2.75) is 66.4 Å². The zero-order chi connectivity index (χ0) is 11.1. The topological polar surface area (TPSA) is 20.2 Å². The second kappa shape index (κ2) is 7.28. The Balaban J connectivity index is 3.78. The number of aliphatic hydroxyl groups excluding tert-OH is 1. The maximum atomic E-state index is 9.64. The number of hydrogen-bond acceptors (Lipinski definition) is 1. The van der Waals surface area contributed by atoms with Gasteiger partial charge in [0.15, 0.2) is 0 Å². The van der Waals surface area contributed by atoms with Gasteiger partial charge >= 0.3 is 0 Å². The van der Waals surface area contributed by atoms with Gasteiger partial charge in [0.2, 0.25) is 0 Å². The van der Waals surface area contributed by atoms with Gasteiger partial charge in [-0.15, -0.1) is 0 Å². The molecule has 0 aromatic rings. The summed E-state index contributed by atoms with van der Waals surface area (Å²) in [6.07, 6.45) is 4.72. The maximum Gasteiger partial charge on any atom is 0.0540 e. The lowest BCUT2D eigenvalue weighted by Crippen LogP contribution is -2.18. The first-order valence-electron chi connectivity index (χ1n) is 6.11. The van der Waals surface area contributed by atoms with E-state index in [1.165, 1.54) is 25.7 Å². The summed E-state index contributed by atoms with van der Waals surface area (Å²) >= 11 is 0. The van der Waals surface area contributed by atoms with Crippen LogP contribution in [0.15, 0.2) is 0 Å². The van der Waals surface area contributed by atoms with E-state index >= 15 is 0 Å². The van der Waals surface area contributed by atoms with E-state index in [0.29, 0.717) is 5.92 Å². The Morgan fingerprint density at radius 1 is 0.714 bits per heavy atom. The van der Waals surface area contributed by atoms with Gasteiger partial charge in [0.25, 0.3) is 0 Å². The minimum atomic E-state index is -0.132. The van der Waals surface area contributed by atoms with Crippen molar-refractivity contribution in [3.05, 3.63) is 0 Å². The lowest BCUT2D eigenvalue weighted by molar-refractivity contribution is 0.107. The highest BCUT2D eigenvalue weighted by Gasteiger charge is 2.15. The Kier molecular flexibility index (Phi) is 7.26. The van der Waals surface area contributed by atoms with E-state index in [4.69, 9.17) is 0 Å². The van der Waals surface area contributed by atoms with Crippen LogP contribution < -0.4 is 0 Å². The predicted molar refractivity (Wildman–Crippen MR) is 63.3 cm³/mol. The van der Waals surface area contributed by atoms with Crippen LogP contribution in [0, 0.1) is 17.8 Å². The summed E-state index contributed by atoms with van der Waals surface area (Å²) < 4.78 is 0. The molecule has 0 radical (unpaired) electrons. The van der Waals surface area contributed by atoms with Gasteiger partial charge < -0.3 is 5.11 Å². The van der Waals surface area contributed by atoms with Crippen molar-refractivity contribution in [1.82, 2.24) is 0 Å². The fourth-order valence-electron chi connectivity index (χ4n) is 1.72. The molecule has 0 aliphatic rings. The molecule has 0 heterocycles. The molecule has 0 aliphatic carbocycles. The van der Waals surface area contributed by atoms with Crippen molar-refractivity contribution in [3.8, 4) is 0 Å². The summed E-state index contributed by atoms with van der Waals surface area (Å²) in [4.78, 5) is 0. The summed E-state index contributed by atoms with van der Waals surface area (Å²) in [7, 11) is 0. The molecule has 1 nitrogen and oxygen atoms in total.